The van der Waals surface area contributed by atoms with Crippen molar-refractivity contribution >= 4 is 0 Å². The van der Waals surface area contributed by atoms with Crippen LogP contribution >= 0.6 is 0 Å². The normalized spacial score (nSPS) is 12.9. The van der Waals surface area contributed by atoms with Gasteiger partial charge in [0.1, 0.15) is 0 Å². The molecule has 3 heteroatoms. The summed E-state index contributed by atoms with van der Waals surface area (Å²) < 4.78 is 5.02. The summed E-state index contributed by atoms with van der Waals surface area (Å²) in [6.45, 7) is 4.44. The Bertz CT molecular complexity index is 282. The Kier molecular flexibility index (Phi) is 4.56. The highest BCUT2D eigenvalue weighted by Crippen LogP contribution is 2.12. The van der Waals surface area contributed by atoms with Crippen molar-refractivity contribution < 1.29 is 4.74 Å². The lowest BCUT2D eigenvalue weighted by molar-refractivity contribution is 0.396. The highest BCUT2D eigenvalue weighted by atomic mass is 16.5. The molecule has 1 rings (SSSR count). The maximum Gasteiger partial charge on any atom is 0.212 e. The zero-order valence-electron chi connectivity index (χ0n) is 9.95. The lowest BCUT2D eigenvalue weighted by Gasteiger charge is -2.19. The lowest BCUT2D eigenvalue weighted by Crippen LogP contribution is -2.32. The smallest absolute Gasteiger partial charge is 0.212 e. The van der Waals surface area contributed by atoms with Crippen LogP contribution in [0.25, 0.3) is 0 Å². The average molecular weight is 208 g/mol. The monoisotopic (exact) mass is 208 g/mol. The Labute approximate surface area is 91.9 Å². The summed E-state index contributed by atoms with van der Waals surface area (Å²) in [6.07, 6.45) is 2.89. The summed E-state index contributed by atoms with van der Waals surface area (Å²) in [5.41, 5.74) is 1.24. The third kappa shape index (κ3) is 3.51. The fourth-order valence-corrected chi connectivity index (χ4v) is 1.58. The molecule has 1 atom stereocenters. The Morgan fingerprint density at radius 2 is 2.13 bits per heavy atom. The maximum absolute atomic E-state index is 5.02. The van der Waals surface area contributed by atoms with E-state index in [2.05, 4.69) is 30.2 Å². The van der Waals surface area contributed by atoms with Crippen molar-refractivity contribution in [2.75, 3.05) is 14.2 Å². The number of pyridine rings is 1. The number of rotatable bonds is 5. The van der Waals surface area contributed by atoms with Crippen LogP contribution in [-0.4, -0.2) is 25.2 Å². The number of hydrogen-bond acceptors (Lipinski definition) is 3. The second-order valence-electron chi connectivity index (χ2n) is 4.05. The second-order valence-corrected chi connectivity index (χ2v) is 4.05. The van der Waals surface area contributed by atoms with E-state index in [-0.39, 0.29) is 0 Å². The van der Waals surface area contributed by atoms with Crippen LogP contribution in [0.3, 0.4) is 0 Å². The molecular weight excluding hydrogens is 188 g/mol. The molecule has 3 nitrogen and oxygen atoms in total. The Morgan fingerprint density at radius 3 is 2.53 bits per heavy atom. The zero-order valence-corrected chi connectivity index (χ0v) is 9.95. The molecule has 0 aromatic carbocycles. The van der Waals surface area contributed by atoms with Crippen LogP contribution in [0.4, 0.5) is 0 Å². The molecule has 0 fully saturated rings. The van der Waals surface area contributed by atoms with E-state index >= 15 is 0 Å². The molecule has 1 aromatic heterocycles. The Balaban J connectivity index is 2.63. The summed E-state index contributed by atoms with van der Waals surface area (Å²) in [6, 6.07) is 4.47. The zero-order chi connectivity index (χ0) is 11.3. The van der Waals surface area contributed by atoms with Gasteiger partial charge in [-0.25, -0.2) is 4.98 Å². The highest BCUT2D eigenvalue weighted by Gasteiger charge is 2.11. The molecule has 0 spiro atoms. The first-order chi connectivity index (χ1) is 7.17. The van der Waals surface area contributed by atoms with Crippen molar-refractivity contribution in [3.05, 3.63) is 23.9 Å². The minimum atomic E-state index is 0.500. The molecule has 1 N–H and O–H groups in total. The molecule has 0 saturated carbocycles. The van der Waals surface area contributed by atoms with Gasteiger partial charge in [0, 0.05) is 18.3 Å². The third-order valence-corrected chi connectivity index (χ3v) is 2.64. The van der Waals surface area contributed by atoms with Gasteiger partial charge in [0.25, 0.3) is 0 Å². The molecule has 15 heavy (non-hydrogen) atoms. The molecule has 0 aliphatic rings. The van der Waals surface area contributed by atoms with Gasteiger partial charge in [-0.3, -0.25) is 0 Å². The summed E-state index contributed by atoms with van der Waals surface area (Å²) in [7, 11) is 3.63. The van der Waals surface area contributed by atoms with E-state index in [0.29, 0.717) is 17.8 Å². The van der Waals surface area contributed by atoms with E-state index in [1.54, 1.807) is 7.11 Å². The van der Waals surface area contributed by atoms with E-state index in [0.717, 1.165) is 6.42 Å². The van der Waals surface area contributed by atoms with Crippen molar-refractivity contribution in [2.24, 2.45) is 5.92 Å². The predicted octanol–water partition coefficient (Wildman–Crippen LogP) is 1.88. The molecular formula is C12H20N2O. The third-order valence-electron chi connectivity index (χ3n) is 2.64. The van der Waals surface area contributed by atoms with Crippen LogP contribution in [0.1, 0.15) is 19.4 Å². The molecule has 84 valence electrons. The van der Waals surface area contributed by atoms with Gasteiger partial charge in [0.05, 0.1) is 7.11 Å². The van der Waals surface area contributed by atoms with E-state index in [1.807, 2.05) is 19.3 Å². The number of aromatic nitrogens is 1. The fourth-order valence-electron chi connectivity index (χ4n) is 1.58. The summed E-state index contributed by atoms with van der Waals surface area (Å²) in [5.74, 6) is 1.29. The van der Waals surface area contributed by atoms with Gasteiger partial charge < -0.3 is 10.1 Å². The van der Waals surface area contributed by atoms with Gasteiger partial charge in [-0.05, 0) is 24.9 Å². The molecule has 0 amide bonds. The molecule has 0 aliphatic heterocycles. The van der Waals surface area contributed by atoms with E-state index in [1.165, 1.54) is 5.56 Å². The van der Waals surface area contributed by atoms with E-state index in [4.69, 9.17) is 4.74 Å². The van der Waals surface area contributed by atoms with Crippen LogP contribution in [0.15, 0.2) is 18.3 Å². The molecule has 1 aromatic rings. The highest BCUT2D eigenvalue weighted by molar-refractivity contribution is 5.18. The SMILES string of the molecule is CNC(Cc1ccc(OC)nc1)C(C)C. The number of hydrogen-bond donors (Lipinski definition) is 1. The molecule has 0 bridgehead atoms. The van der Waals surface area contributed by atoms with Crippen LogP contribution < -0.4 is 10.1 Å². The average Bonchev–Trinajstić information content (AvgIpc) is 2.26. The molecule has 1 heterocycles. The van der Waals surface area contributed by atoms with Gasteiger partial charge in [0.15, 0.2) is 0 Å². The molecule has 0 saturated heterocycles. The van der Waals surface area contributed by atoms with Crippen LogP contribution in [0.5, 0.6) is 5.88 Å². The molecule has 1 unspecified atom stereocenters. The fraction of sp³-hybridized carbons (Fsp3) is 0.583. The van der Waals surface area contributed by atoms with Gasteiger partial charge >= 0.3 is 0 Å². The number of likely N-dealkylation sites (N-methyl/N-ethyl adjacent to an activating group) is 1. The Hall–Kier alpha value is -1.09. The van der Waals surface area contributed by atoms with Crippen LogP contribution in [0, 0.1) is 5.92 Å². The standard InChI is InChI=1S/C12H20N2O/c1-9(2)11(13-3)7-10-5-6-12(15-4)14-8-10/h5-6,8-9,11,13H,7H2,1-4H3. The van der Waals surface area contributed by atoms with Gasteiger partial charge in [0.2, 0.25) is 5.88 Å². The minimum absolute atomic E-state index is 0.500. The Morgan fingerprint density at radius 1 is 1.40 bits per heavy atom. The number of nitrogens with zero attached hydrogens (tertiary/aromatic N) is 1. The van der Waals surface area contributed by atoms with E-state index in [9.17, 15) is 0 Å². The van der Waals surface area contributed by atoms with Gasteiger partial charge in [-0.2, -0.15) is 0 Å². The summed E-state index contributed by atoms with van der Waals surface area (Å²) >= 11 is 0. The van der Waals surface area contributed by atoms with Gasteiger partial charge in [-0.15, -0.1) is 0 Å². The predicted molar refractivity (Wildman–Crippen MR) is 62.2 cm³/mol. The number of nitrogens with one attached hydrogen (secondary N) is 1. The molecule has 0 aliphatic carbocycles. The van der Waals surface area contributed by atoms with Crippen LogP contribution in [-0.2, 0) is 6.42 Å². The van der Waals surface area contributed by atoms with Crippen molar-refractivity contribution in [2.45, 2.75) is 26.3 Å². The van der Waals surface area contributed by atoms with Gasteiger partial charge in [-0.1, -0.05) is 19.9 Å². The quantitative estimate of drug-likeness (QED) is 0.802. The van der Waals surface area contributed by atoms with Crippen molar-refractivity contribution in [3.63, 3.8) is 0 Å². The summed E-state index contributed by atoms with van der Waals surface area (Å²) in [4.78, 5) is 4.19. The number of methoxy groups -OCH3 is 1. The lowest BCUT2D eigenvalue weighted by atomic mass is 9.97. The van der Waals surface area contributed by atoms with Crippen molar-refractivity contribution in [3.8, 4) is 5.88 Å². The maximum atomic E-state index is 5.02. The second kappa shape index (κ2) is 5.71. The molecule has 0 radical (unpaired) electrons. The van der Waals surface area contributed by atoms with E-state index < -0.39 is 0 Å². The topological polar surface area (TPSA) is 34.1 Å². The largest absolute Gasteiger partial charge is 0.481 e. The first-order valence-electron chi connectivity index (χ1n) is 5.33. The van der Waals surface area contributed by atoms with Crippen molar-refractivity contribution in [1.82, 2.24) is 10.3 Å². The van der Waals surface area contributed by atoms with Crippen LogP contribution in [0.2, 0.25) is 0 Å². The number of ether oxygens (including phenoxy) is 1. The first kappa shape index (κ1) is 12.0. The van der Waals surface area contributed by atoms with Crippen molar-refractivity contribution in [1.29, 1.82) is 0 Å². The minimum Gasteiger partial charge on any atom is -0.481 e. The summed E-state index contributed by atoms with van der Waals surface area (Å²) in [5, 5.41) is 3.32. The first-order valence-corrected chi connectivity index (χ1v) is 5.33.